The van der Waals surface area contributed by atoms with E-state index in [-0.39, 0.29) is 17.4 Å². The summed E-state index contributed by atoms with van der Waals surface area (Å²) in [6, 6.07) is 4.04. The lowest BCUT2D eigenvalue weighted by molar-refractivity contribution is -0.124. The molecule has 1 aliphatic carbocycles. The smallest absolute Gasteiger partial charge is 0.133 e. The summed E-state index contributed by atoms with van der Waals surface area (Å²) in [6.07, 6.45) is 5.65. The third kappa shape index (κ3) is 3.50. The molecule has 1 fully saturated rings. The highest BCUT2D eigenvalue weighted by Crippen LogP contribution is 2.54. The lowest BCUT2D eigenvalue weighted by Gasteiger charge is -2.47. The fraction of sp³-hybridized carbons (Fsp3) is 0.696. The zero-order chi connectivity index (χ0) is 19.1. The van der Waals surface area contributed by atoms with Gasteiger partial charge in [-0.2, -0.15) is 0 Å². The third-order valence-corrected chi connectivity index (χ3v) is 6.84. The number of Topliss-reactive ketones (excluding diaryl/α,β-unsaturated/α-hetero) is 1. The lowest BCUT2D eigenvalue weighted by Crippen LogP contribution is -2.47. The van der Waals surface area contributed by atoms with Crippen molar-refractivity contribution in [3.63, 3.8) is 0 Å². The van der Waals surface area contributed by atoms with Crippen molar-refractivity contribution in [2.24, 2.45) is 11.8 Å². The van der Waals surface area contributed by atoms with Gasteiger partial charge in [0.2, 0.25) is 0 Å². The van der Waals surface area contributed by atoms with Gasteiger partial charge in [-0.15, -0.1) is 0 Å². The molecule has 0 amide bonds. The van der Waals surface area contributed by atoms with Crippen molar-refractivity contribution < 1.29 is 14.6 Å². The summed E-state index contributed by atoms with van der Waals surface area (Å²) in [6.45, 7) is 11.0. The van der Waals surface area contributed by atoms with Crippen molar-refractivity contribution in [1.82, 2.24) is 0 Å². The Morgan fingerprint density at radius 1 is 1.31 bits per heavy atom. The van der Waals surface area contributed by atoms with Crippen molar-refractivity contribution in [1.29, 1.82) is 0 Å². The number of aromatic hydroxyl groups is 1. The number of rotatable bonds is 5. The minimum Gasteiger partial charge on any atom is -0.508 e. The quantitative estimate of drug-likeness (QED) is 0.708. The van der Waals surface area contributed by atoms with Gasteiger partial charge in [0.1, 0.15) is 22.9 Å². The molecule has 3 nitrogen and oxygen atoms in total. The molecule has 0 radical (unpaired) electrons. The van der Waals surface area contributed by atoms with Crippen LogP contribution in [0, 0.1) is 11.8 Å². The first-order valence-corrected chi connectivity index (χ1v) is 10.3. The largest absolute Gasteiger partial charge is 0.508 e. The number of unbranched alkanes of at least 4 members (excludes halogenated alkanes) is 1. The van der Waals surface area contributed by atoms with Gasteiger partial charge in [-0.3, -0.25) is 4.79 Å². The van der Waals surface area contributed by atoms with E-state index in [9.17, 15) is 9.90 Å². The second-order valence-corrected chi connectivity index (χ2v) is 9.06. The van der Waals surface area contributed by atoms with Gasteiger partial charge >= 0.3 is 0 Å². The van der Waals surface area contributed by atoms with E-state index in [0.29, 0.717) is 36.2 Å². The highest BCUT2D eigenvalue weighted by molar-refractivity contribution is 5.81. The SMILES string of the molecule is CCCCC(C)C(C)c1cc(O)c2c(c1)OC(C)(C)[C@H]1CCC(=O)C[C@@H]21. The topological polar surface area (TPSA) is 46.5 Å². The highest BCUT2D eigenvalue weighted by atomic mass is 16.5. The molecule has 2 aliphatic rings. The van der Waals surface area contributed by atoms with E-state index in [4.69, 9.17) is 4.74 Å². The first kappa shape index (κ1) is 19.3. The second kappa shape index (κ2) is 7.25. The van der Waals surface area contributed by atoms with Gasteiger partial charge in [-0.1, -0.05) is 40.0 Å². The molecular formula is C23H34O3. The number of ketones is 1. The lowest BCUT2D eigenvalue weighted by atomic mass is 9.66. The minimum atomic E-state index is -0.305. The molecule has 0 spiro atoms. The van der Waals surface area contributed by atoms with Crippen LogP contribution in [0.4, 0.5) is 0 Å². The molecule has 3 heteroatoms. The van der Waals surface area contributed by atoms with Crippen molar-refractivity contribution in [2.45, 2.75) is 90.6 Å². The molecule has 3 rings (SSSR count). The van der Waals surface area contributed by atoms with Gasteiger partial charge in [-0.25, -0.2) is 0 Å². The molecule has 0 saturated heterocycles. The molecule has 1 aromatic rings. The van der Waals surface area contributed by atoms with Crippen LogP contribution in [0.3, 0.4) is 0 Å². The van der Waals surface area contributed by atoms with Crippen molar-refractivity contribution in [3.8, 4) is 11.5 Å². The summed E-state index contributed by atoms with van der Waals surface area (Å²) in [4.78, 5) is 12.1. The maximum absolute atomic E-state index is 12.1. The molecule has 1 aromatic carbocycles. The van der Waals surface area contributed by atoms with Crippen LogP contribution in [-0.4, -0.2) is 16.5 Å². The number of carbonyl (C=O) groups excluding carboxylic acids is 1. The zero-order valence-corrected chi connectivity index (χ0v) is 17.0. The Morgan fingerprint density at radius 3 is 2.73 bits per heavy atom. The van der Waals surface area contributed by atoms with Gasteiger partial charge < -0.3 is 9.84 Å². The predicted octanol–water partition coefficient (Wildman–Crippen LogP) is 5.95. The van der Waals surface area contributed by atoms with Crippen molar-refractivity contribution in [2.75, 3.05) is 0 Å². The normalized spacial score (nSPS) is 26.4. The van der Waals surface area contributed by atoms with E-state index in [0.717, 1.165) is 23.3 Å². The number of hydrogen-bond acceptors (Lipinski definition) is 3. The summed E-state index contributed by atoms with van der Waals surface area (Å²) in [5.41, 5.74) is 1.70. The fourth-order valence-electron chi connectivity index (χ4n) is 4.96. The Bertz CT molecular complexity index is 676. The Hall–Kier alpha value is -1.51. The maximum Gasteiger partial charge on any atom is 0.133 e. The van der Waals surface area contributed by atoms with Gasteiger partial charge in [0.15, 0.2) is 0 Å². The van der Waals surface area contributed by atoms with Crippen LogP contribution in [0.25, 0.3) is 0 Å². The van der Waals surface area contributed by atoms with Gasteiger partial charge in [-0.05, 0) is 49.8 Å². The van der Waals surface area contributed by atoms with Gasteiger partial charge in [0.05, 0.1) is 0 Å². The molecule has 26 heavy (non-hydrogen) atoms. The van der Waals surface area contributed by atoms with Crippen LogP contribution >= 0.6 is 0 Å². The number of hydrogen-bond donors (Lipinski definition) is 1. The standard InChI is InChI=1S/C23H34O3/c1-6-7-8-14(2)15(3)16-11-20(25)22-18-13-17(24)9-10-19(18)23(4,5)26-21(22)12-16/h11-12,14-15,18-19,25H,6-10,13H2,1-5H3/t14?,15?,18-,19+/m1/s1. The molecule has 4 atom stereocenters. The van der Waals surface area contributed by atoms with Crippen LogP contribution in [0.1, 0.15) is 96.1 Å². The van der Waals surface area contributed by atoms with Gasteiger partial charge in [0, 0.05) is 30.2 Å². The molecule has 0 aromatic heterocycles. The first-order valence-electron chi connectivity index (χ1n) is 10.3. The monoisotopic (exact) mass is 358 g/mol. The van der Waals surface area contributed by atoms with Crippen LogP contribution < -0.4 is 4.74 Å². The average Bonchev–Trinajstić information content (AvgIpc) is 2.57. The summed E-state index contributed by atoms with van der Waals surface area (Å²) in [5, 5.41) is 10.8. The van der Waals surface area contributed by atoms with E-state index in [1.807, 2.05) is 6.07 Å². The number of fused-ring (bicyclic) bond motifs is 3. The highest BCUT2D eigenvalue weighted by Gasteiger charge is 2.47. The average molecular weight is 359 g/mol. The van der Waals surface area contributed by atoms with E-state index < -0.39 is 0 Å². The molecule has 144 valence electrons. The summed E-state index contributed by atoms with van der Waals surface area (Å²) < 4.78 is 6.39. The molecule has 0 bridgehead atoms. The Labute approximate surface area is 158 Å². The summed E-state index contributed by atoms with van der Waals surface area (Å²) in [5.74, 6) is 2.70. The predicted molar refractivity (Wildman–Crippen MR) is 105 cm³/mol. The van der Waals surface area contributed by atoms with Crippen LogP contribution in [0.15, 0.2) is 12.1 Å². The molecule has 1 N–H and O–H groups in total. The van der Waals surface area contributed by atoms with Crippen molar-refractivity contribution in [3.05, 3.63) is 23.3 Å². The Morgan fingerprint density at radius 2 is 2.04 bits per heavy atom. The molecule has 1 aliphatic heterocycles. The van der Waals surface area contributed by atoms with Crippen LogP contribution in [0.2, 0.25) is 0 Å². The number of ether oxygens (including phenoxy) is 1. The zero-order valence-electron chi connectivity index (χ0n) is 17.0. The first-order chi connectivity index (χ1) is 12.2. The minimum absolute atomic E-state index is 0.0804. The van der Waals surface area contributed by atoms with Gasteiger partial charge in [0.25, 0.3) is 0 Å². The van der Waals surface area contributed by atoms with E-state index >= 15 is 0 Å². The van der Waals surface area contributed by atoms with E-state index in [1.165, 1.54) is 19.3 Å². The second-order valence-electron chi connectivity index (χ2n) is 9.06. The Kier molecular flexibility index (Phi) is 5.37. The number of phenolic OH excluding ortho intramolecular Hbond substituents is 1. The number of phenols is 1. The van der Waals surface area contributed by atoms with E-state index in [1.54, 1.807) is 0 Å². The number of carbonyl (C=O) groups is 1. The van der Waals surface area contributed by atoms with Crippen LogP contribution in [-0.2, 0) is 4.79 Å². The molecule has 1 saturated carbocycles. The summed E-state index contributed by atoms with van der Waals surface area (Å²) >= 11 is 0. The van der Waals surface area contributed by atoms with Crippen molar-refractivity contribution >= 4 is 5.78 Å². The maximum atomic E-state index is 12.1. The van der Waals surface area contributed by atoms with E-state index in [2.05, 4.69) is 40.7 Å². The Balaban J connectivity index is 1.96. The fourth-order valence-corrected chi connectivity index (χ4v) is 4.96. The number of benzene rings is 1. The third-order valence-electron chi connectivity index (χ3n) is 6.84. The molecule has 2 unspecified atom stereocenters. The van der Waals surface area contributed by atoms with Crippen LogP contribution in [0.5, 0.6) is 11.5 Å². The molecule has 1 heterocycles. The summed E-state index contributed by atoms with van der Waals surface area (Å²) in [7, 11) is 0. The molecular weight excluding hydrogens is 324 g/mol.